The van der Waals surface area contributed by atoms with E-state index in [0.717, 1.165) is 47.3 Å². The lowest BCUT2D eigenvalue weighted by molar-refractivity contribution is -0.141. The second-order valence-corrected chi connectivity index (χ2v) is 10.7. The van der Waals surface area contributed by atoms with Gasteiger partial charge in [-0.25, -0.2) is 14.4 Å². The fraction of sp³-hybridized carbons (Fsp3) is 0.306. The van der Waals surface area contributed by atoms with Crippen LogP contribution >= 0.6 is 0 Å². The van der Waals surface area contributed by atoms with Gasteiger partial charge in [-0.15, -0.1) is 0 Å². The fourth-order valence-electron chi connectivity index (χ4n) is 4.87. The lowest BCUT2D eigenvalue weighted by Gasteiger charge is -2.11. The van der Waals surface area contributed by atoms with Crippen LogP contribution in [-0.4, -0.2) is 44.3 Å². The van der Waals surface area contributed by atoms with Crippen molar-refractivity contribution < 1.29 is 42.5 Å². The zero-order chi connectivity index (χ0) is 32.3. The molecular weight excluding hydrogens is 579 g/mol. The van der Waals surface area contributed by atoms with Gasteiger partial charge >= 0.3 is 17.9 Å². The van der Waals surface area contributed by atoms with E-state index < -0.39 is 23.7 Å². The van der Waals surface area contributed by atoms with Crippen molar-refractivity contribution in [2.45, 2.75) is 45.4 Å². The molecule has 9 heteroatoms. The van der Waals surface area contributed by atoms with Crippen LogP contribution in [0.1, 0.15) is 66.9 Å². The minimum Gasteiger partial charge on any atom is -0.494 e. The van der Waals surface area contributed by atoms with Gasteiger partial charge in [0, 0.05) is 11.5 Å². The number of halogens is 1. The molecule has 0 radical (unpaired) electrons. The second-order valence-electron chi connectivity index (χ2n) is 10.7. The number of hydrogen-bond acceptors (Lipinski definition) is 8. The van der Waals surface area contributed by atoms with E-state index in [-0.39, 0.29) is 25.7 Å². The van der Waals surface area contributed by atoms with Crippen LogP contribution in [-0.2, 0) is 19.1 Å². The van der Waals surface area contributed by atoms with Gasteiger partial charge in [0.05, 0.1) is 18.8 Å². The van der Waals surface area contributed by atoms with Gasteiger partial charge in [-0.3, -0.25) is 0 Å². The van der Waals surface area contributed by atoms with E-state index in [4.69, 9.17) is 23.7 Å². The molecule has 1 atom stereocenters. The molecule has 3 aromatic rings. The average Bonchev–Trinajstić information content (AvgIpc) is 3.30. The molecule has 0 bridgehead atoms. The zero-order valence-corrected chi connectivity index (χ0v) is 25.6. The highest BCUT2D eigenvalue weighted by Gasteiger charge is 2.27. The minimum absolute atomic E-state index is 0.0893. The van der Waals surface area contributed by atoms with Crippen molar-refractivity contribution in [2.75, 3.05) is 26.4 Å². The first-order valence-corrected chi connectivity index (χ1v) is 14.8. The van der Waals surface area contributed by atoms with Gasteiger partial charge in [0.2, 0.25) is 5.83 Å². The second kappa shape index (κ2) is 15.7. The summed E-state index contributed by atoms with van der Waals surface area (Å²) in [5.74, 6) is -1.17. The lowest BCUT2D eigenvalue weighted by Crippen LogP contribution is -2.12. The number of carbonyl (C=O) groups excluding carboxylic acids is 3. The molecule has 236 valence electrons. The van der Waals surface area contributed by atoms with Gasteiger partial charge in [-0.1, -0.05) is 32.2 Å². The van der Waals surface area contributed by atoms with Crippen molar-refractivity contribution in [1.29, 1.82) is 0 Å². The molecule has 0 aromatic heterocycles. The number of ether oxygens (including phenoxy) is 5. The Balaban J connectivity index is 1.24. The van der Waals surface area contributed by atoms with Crippen molar-refractivity contribution in [3.05, 3.63) is 102 Å². The first-order chi connectivity index (χ1) is 21.6. The van der Waals surface area contributed by atoms with E-state index >= 15 is 0 Å². The van der Waals surface area contributed by atoms with Crippen molar-refractivity contribution in [3.63, 3.8) is 0 Å². The number of rotatable bonds is 16. The van der Waals surface area contributed by atoms with Gasteiger partial charge in [-0.05, 0) is 103 Å². The third-order valence-electron chi connectivity index (χ3n) is 7.27. The summed E-state index contributed by atoms with van der Waals surface area (Å²) in [5, 5.41) is 0. The van der Waals surface area contributed by atoms with Crippen LogP contribution in [0, 0.1) is 0 Å². The normalized spacial score (nSPS) is 12.8. The van der Waals surface area contributed by atoms with Crippen LogP contribution in [0.2, 0.25) is 0 Å². The van der Waals surface area contributed by atoms with Crippen LogP contribution < -0.4 is 14.2 Å². The molecular formula is C36H37FO8. The highest BCUT2D eigenvalue weighted by atomic mass is 19.1. The molecule has 0 saturated carbocycles. The Labute approximate surface area is 262 Å². The molecule has 3 aromatic carbocycles. The largest absolute Gasteiger partial charge is 0.494 e. The molecule has 1 aliphatic carbocycles. The molecule has 0 heterocycles. The van der Waals surface area contributed by atoms with Gasteiger partial charge in [0.1, 0.15) is 30.5 Å². The van der Waals surface area contributed by atoms with Crippen molar-refractivity contribution in [3.8, 4) is 28.4 Å². The van der Waals surface area contributed by atoms with E-state index in [9.17, 15) is 18.8 Å². The van der Waals surface area contributed by atoms with Crippen molar-refractivity contribution in [1.82, 2.24) is 0 Å². The molecule has 0 spiro atoms. The zero-order valence-electron chi connectivity index (χ0n) is 25.6. The van der Waals surface area contributed by atoms with Crippen LogP contribution in [0.15, 0.2) is 85.2 Å². The lowest BCUT2D eigenvalue weighted by atomic mass is 9.99. The maximum Gasteiger partial charge on any atom is 0.366 e. The van der Waals surface area contributed by atoms with E-state index in [0.29, 0.717) is 35.7 Å². The first kappa shape index (κ1) is 33.0. The molecule has 1 unspecified atom stereocenters. The fourth-order valence-corrected chi connectivity index (χ4v) is 4.87. The Morgan fingerprint density at radius 3 is 1.89 bits per heavy atom. The standard InChI is InChI=1S/C36H37FO8/c1-23(2)34(38)44-20-19-42-27-11-9-26(10-12-27)36(40)45-29-14-16-31-30-15-13-28(21-32(30)24(3)33(31)22-29)41-17-7-5-6-8-18-43-35(39)25(4)37/h9-16,21-22,24H,1,4-8,17-20H2,2-3H3. The van der Waals surface area contributed by atoms with Crippen molar-refractivity contribution >= 4 is 17.9 Å². The maximum atomic E-state index is 12.8. The highest BCUT2D eigenvalue weighted by molar-refractivity contribution is 5.91. The summed E-state index contributed by atoms with van der Waals surface area (Å²) in [4.78, 5) is 35.3. The summed E-state index contributed by atoms with van der Waals surface area (Å²) >= 11 is 0. The van der Waals surface area contributed by atoms with Crippen LogP contribution in [0.4, 0.5) is 4.39 Å². The number of benzene rings is 3. The summed E-state index contributed by atoms with van der Waals surface area (Å²) in [6.45, 7) is 11.1. The van der Waals surface area contributed by atoms with Crippen LogP contribution in [0.5, 0.6) is 17.2 Å². The molecule has 4 rings (SSSR count). The summed E-state index contributed by atoms with van der Waals surface area (Å²) in [6, 6.07) is 18.3. The molecule has 0 amide bonds. The third-order valence-corrected chi connectivity index (χ3v) is 7.27. The monoisotopic (exact) mass is 616 g/mol. The molecule has 1 aliphatic rings. The first-order valence-electron chi connectivity index (χ1n) is 14.8. The Kier molecular flexibility index (Phi) is 11.5. The molecule has 45 heavy (non-hydrogen) atoms. The summed E-state index contributed by atoms with van der Waals surface area (Å²) in [5.41, 5.74) is 5.13. The predicted molar refractivity (Wildman–Crippen MR) is 167 cm³/mol. The highest BCUT2D eigenvalue weighted by Crippen LogP contribution is 2.47. The van der Waals surface area contributed by atoms with Crippen LogP contribution in [0.25, 0.3) is 11.1 Å². The average molecular weight is 617 g/mol. The van der Waals surface area contributed by atoms with Crippen LogP contribution in [0.3, 0.4) is 0 Å². The summed E-state index contributed by atoms with van der Waals surface area (Å²) < 4.78 is 39.6. The smallest absolute Gasteiger partial charge is 0.366 e. The number of carbonyl (C=O) groups is 3. The summed E-state index contributed by atoms with van der Waals surface area (Å²) in [6.07, 6.45) is 3.24. The van der Waals surface area contributed by atoms with Crippen molar-refractivity contribution in [2.24, 2.45) is 0 Å². The van der Waals surface area contributed by atoms with Gasteiger partial charge in [0.15, 0.2) is 0 Å². The maximum absolute atomic E-state index is 12.8. The molecule has 8 nitrogen and oxygen atoms in total. The number of unbranched alkanes of at least 4 members (excludes halogenated alkanes) is 3. The van der Waals surface area contributed by atoms with E-state index in [2.05, 4.69) is 32.2 Å². The number of fused-ring (bicyclic) bond motifs is 3. The van der Waals surface area contributed by atoms with E-state index in [1.165, 1.54) is 0 Å². The molecule has 0 saturated heterocycles. The van der Waals surface area contributed by atoms with Gasteiger partial charge in [-0.2, -0.15) is 4.39 Å². The van der Waals surface area contributed by atoms with Gasteiger partial charge in [0.25, 0.3) is 0 Å². The topological polar surface area (TPSA) is 97.4 Å². The predicted octanol–water partition coefficient (Wildman–Crippen LogP) is 7.50. The minimum atomic E-state index is -1.08. The van der Waals surface area contributed by atoms with E-state index in [1.54, 1.807) is 37.3 Å². The Morgan fingerprint density at radius 2 is 1.24 bits per heavy atom. The quantitative estimate of drug-likeness (QED) is 0.0706. The molecule has 0 fully saturated rings. The van der Waals surface area contributed by atoms with Gasteiger partial charge < -0.3 is 23.7 Å². The molecule has 0 N–H and O–H groups in total. The Morgan fingerprint density at radius 1 is 0.689 bits per heavy atom. The van der Waals surface area contributed by atoms with E-state index in [1.807, 2.05) is 18.2 Å². The number of hydrogen-bond donors (Lipinski definition) is 0. The summed E-state index contributed by atoms with van der Waals surface area (Å²) in [7, 11) is 0. The molecule has 0 aliphatic heterocycles. The Hall–Kier alpha value is -4.92. The number of esters is 3. The third kappa shape index (κ3) is 9.04. The SMILES string of the molecule is C=C(C)C(=O)OCCOc1ccc(C(=O)Oc2ccc3c(c2)C(C)c2cc(OCCCCCCOC(=O)C(=C)F)ccc2-3)cc1. The Bertz CT molecular complexity index is 1560.